The maximum absolute atomic E-state index is 8.83. The van der Waals surface area contributed by atoms with Crippen LogP contribution in [0.1, 0.15) is 33.1 Å². The lowest BCUT2D eigenvalue weighted by molar-refractivity contribution is 0.417. The second-order valence-electron chi connectivity index (χ2n) is 4.49. The third-order valence-corrected chi connectivity index (χ3v) is 2.42. The van der Waals surface area contributed by atoms with Gasteiger partial charge in [0, 0.05) is 12.7 Å². The zero-order valence-corrected chi connectivity index (χ0v) is 9.40. The Morgan fingerprint density at radius 2 is 2.27 bits per heavy atom. The van der Waals surface area contributed by atoms with Gasteiger partial charge >= 0.3 is 0 Å². The molecule has 15 heavy (non-hydrogen) atoms. The number of anilines is 1. The lowest BCUT2D eigenvalue weighted by Gasteiger charge is -2.14. The van der Waals surface area contributed by atoms with E-state index in [0.717, 1.165) is 25.8 Å². The van der Waals surface area contributed by atoms with E-state index in [2.05, 4.69) is 11.1 Å². The molecule has 0 aromatic carbocycles. The number of aryl methyl sites for hydroxylation is 1. The zero-order chi connectivity index (χ0) is 11.3. The largest absolute Gasteiger partial charge is 0.382 e. The predicted molar refractivity (Wildman–Crippen MR) is 59.9 cm³/mol. The van der Waals surface area contributed by atoms with Gasteiger partial charge in [-0.15, -0.1) is 0 Å². The molecule has 0 aliphatic heterocycles. The van der Waals surface area contributed by atoms with Crippen molar-refractivity contribution in [1.29, 1.82) is 5.26 Å². The fraction of sp³-hybridized carbons (Fsp3) is 0.636. The quantitative estimate of drug-likeness (QED) is 0.751. The Bertz CT molecular complexity index is 346. The van der Waals surface area contributed by atoms with Crippen LogP contribution in [0.5, 0.6) is 0 Å². The van der Waals surface area contributed by atoms with Crippen LogP contribution in [0.4, 0.5) is 5.82 Å². The molecule has 4 heteroatoms. The Kier molecular flexibility index (Phi) is 3.73. The molecule has 0 atom stereocenters. The summed E-state index contributed by atoms with van der Waals surface area (Å²) in [6.45, 7) is 4.87. The normalized spacial score (nSPS) is 11.3. The van der Waals surface area contributed by atoms with Gasteiger partial charge < -0.3 is 10.3 Å². The maximum Gasteiger partial charge on any atom is 0.141 e. The number of imidazole rings is 1. The average Bonchev–Trinajstić information content (AvgIpc) is 2.59. The van der Waals surface area contributed by atoms with E-state index in [1.54, 1.807) is 6.33 Å². The van der Waals surface area contributed by atoms with E-state index in [1.165, 1.54) is 0 Å². The molecule has 4 nitrogen and oxygen atoms in total. The number of hydrogen-bond acceptors (Lipinski definition) is 3. The summed E-state index contributed by atoms with van der Waals surface area (Å²) in [5.41, 5.74) is 5.30. The minimum atomic E-state index is -0.200. The molecular formula is C11H18N4. The van der Waals surface area contributed by atoms with Gasteiger partial charge in [-0.2, -0.15) is 5.26 Å². The van der Waals surface area contributed by atoms with Gasteiger partial charge in [-0.1, -0.05) is 6.42 Å². The van der Waals surface area contributed by atoms with Gasteiger partial charge in [0.2, 0.25) is 0 Å². The van der Waals surface area contributed by atoms with Crippen molar-refractivity contribution in [2.45, 2.75) is 39.7 Å². The molecule has 0 radical (unpaired) electrons. The molecule has 1 rings (SSSR count). The van der Waals surface area contributed by atoms with E-state index < -0.39 is 0 Å². The van der Waals surface area contributed by atoms with Crippen LogP contribution in [0.25, 0.3) is 0 Å². The number of nitrogen functional groups attached to an aromatic ring is 1. The second kappa shape index (κ2) is 4.83. The monoisotopic (exact) mass is 206 g/mol. The first-order valence-corrected chi connectivity index (χ1v) is 5.22. The molecular weight excluding hydrogens is 188 g/mol. The van der Waals surface area contributed by atoms with E-state index in [4.69, 9.17) is 11.0 Å². The highest BCUT2D eigenvalue weighted by Gasteiger charge is 2.15. The molecule has 1 heterocycles. The van der Waals surface area contributed by atoms with E-state index in [9.17, 15) is 0 Å². The third-order valence-electron chi connectivity index (χ3n) is 2.42. The van der Waals surface area contributed by atoms with Crippen molar-refractivity contribution < 1.29 is 0 Å². The summed E-state index contributed by atoms with van der Waals surface area (Å²) in [6.07, 6.45) is 6.62. The Balaban J connectivity index is 2.21. The lowest BCUT2D eigenvalue weighted by atomic mass is 9.89. The minimum absolute atomic E-state index is 0.200. The van der Waals surface area contributed by atoms with Crippen molar-refractivity contribution in [1.82, 2.24) is 9.55 Å². The summed E-state index contributed by atoms with van der Waals surface area (Å²) >= 11 is 0. The predicted octanol–water partition coefficient (Wildman–Crippen LogP) is 2.19. The van der Waals surface area contributed by atoms with Gasteiger partial charge in [-0.25, -0.2) is 4.98 Å². The molecule has 0 saturated heterocycles. The number of nitrogens with zero attached hydrogens (tertiary/aromatic N) is 3. The maximum atomic E-state index is 8.83. The molecule has 0 unspecified atom stereocenters. The van der Waals surface area contributed by atoms with Crippen LogP contribution in [0.15, 0.2) is 12.5 Å². The number of nitrogens with two attached hydrogens (primary N) is 1. The molecule has 1 aromatic rings. The Morgan fingerprint density at radius 3 is 2.80 bits per heavy atom. The van der Waals surface area contributed by atoms with E-state index in [0.29, 0.717) is 5.82 Å². The summed E-state index contributed by atoms with van der Waals surface area (Å²) in [6, 6.07) is 2.30. The van der Waals surface area contributed by atoms with Gasteiger partial charge in [0.15, 0.2) is 0 Å². The smallest absolute Gasteiger partial charge is 0.141 e. The van der Waals surface area contributed by atoms with Crippen molar-refractivity contribution in [3.8, 4) is 6.07 Å². The van der Waals surface area contributed by atoms with Crippen LogP contribution in [-0.4, -0.2) is 9.55 Å². The number of rotatable bonds is 5. The summed E-state index contributed by atoms with van der Waals surface area (Å²) in [5, 5.41) is 8.83. The molecule has 82 valence electrons. The lowest BCUT2D eigenvalue weighted by Crippen LogP contribution is -2.07. The van der Waals surface area contributed by atoms with Gasteiger partial charge in [0.1, 0.15) is 5.82 Å². The molecule has 0 fully saturated rings. The Labute approximate surface area is 90.7 Å². The first kappa shape index (κ1) is 11.6. The van der Waals surface area contributed by atoms with Crippen LogP contribution in [0.2, 0.25) is 0 Å². The highest BCUT2D eigenvalue weighted by Crippen LogP contribution is 2.21. The Hall–Kier alpha value is -1.50. The van der Waals surface area contributed by atoms with Crippen molar-refractivity contribution in [2.75, 3.05) is 5.73 Å². The van der Waals surface area contributed by atoms with Crippen LogP contribution < -0.4 is 5.73 Å². The average molecular weight is 206 g/mol. The molecule has 2 N–H and O–H groups in total. The van der Waals surface area contributed by atoms with Gasteiger partial charge in [-0.3, -0.25) is 0 Å². The minimum Gasteiger partial charge on any atom is -0.382 e. The standard InChI is InChI=1S/C11H18N4/c1-11(2,8-12)5-3-4-6-15-7-10(13)14-9-15/h7,9H,3-6,13H2,1-2H3. The first-order chi connectivity index (χ1) is 7.03. The molecule has 0 saturated carbocycles. The molecule has 0 aliphatic carbocycles. The summed E-state index contributed by atoms with van der Waals surface area (Å²) in [5.74, 6) is 0.562. The summed E-state index contributed by atoms with van der Waals surface area (Å²) in [7, 11) is 0. The SMILES string of the molecule is CC(C)(C#N)CCCCn1cnc(N)c1. The van der Waals surface area contributed by atoms with Gasteiger partial charge in [0.25, 0.3) is 0 Å². The molecule has 0 bridgehead atoms. The van der Waals surface area contributed by atoms with Crippen LogP contribution in [0, 0.1) is 16.7 Å². The van der Waals surface area contributed by atoms with Crippen molar-refractivity contribution >= 4 is 5.82 Å². The second-order valence-corrected chi connectivity index (χ2v) is 4.49. The topological polar surface area (TPSA) is 67.6 Å². The van der Waals surface area contributed by atoms with Crippen molar-refractivity contribution in [2.24, 2.45) is 5.41 Å². The highest BCUT2D eigenvalue weighted by atomic mass is 15.1. The van der Waals surface area contributed by atoms with E-state index >= 15 is 0 Å². The Morgan fingerprint density at radius 1 is 1.53 bits per heavy atom. The van der Waals surface area contributed by atoms with Crippen molar-refractivity contribution in [3.63, 3.8) is 0 Å². The zero-order valence-electron chi connectivity index (χ0n) is 9.40. The summed E-state index contributed by atoms with van der Waals surface area (Å²) < 4.78 is 1.98. The third kappa shape index (κ3) is 4.03. The van der Waals surface area contributed by atoms with Crippen LogP contribution in [0.3, 0.4) is 0 Å². The van der Waals surface area contributed by atoms with E-state index in [-0.39, 0.29) is 5.41 Å². The number of aromatic nitrogens is 2. The molecule has 0 amide bonds. The molecule has 0 spiro atoms. The molecule has 1 aromatic heterocycles. The van der Waals surface area contributed by atoms with Crippen molar-refractivity contribution in [3.05, 3.63) is 12.5 Å². The van der Waals surface area contributed by atoms with E-state index in [1.807, 2.05) is 24.6 Å². The number of nitriles is 1. The highest BCUT2D eigenvalue weighted by molar-refractivity contribution is 5.22. The first-order valence-electron chi connectivity index (χ1n) is 5.22. The summed E-state index contributed by atoms with van der Waals surface area (Å²) in [4.78, 5) is 3.95. The molecule has 0 aliphatic rings. The number of hydrogen-bond donors (Lipinski definition) is 1. The fourth-order valence-corrected chi connectivity index (χ4v) is 1.42. The number of unbranched alkanes of at least 4 members (excludes halogenated alkanes) is 1. The fourth-order valence-electron chi connectivity index (χ4n) is 1.42. The van der Waals surface area contributed by atoms with Crippen LogP contribution in [-0.2, 0) is 6.54 Å². The van der Waals surface area contributed by atoms with Gasteiger partial charge in [0.05, 0.1) is 17.8 Å². The van der Waals surface area contributed by atoms with Gasteiger partial charge in [-0.05, 0) is 26.7 Å². The van der Waals surface area contributed by atoms with Crippen LogP contribution >= 0.6 is 0 Å².